The van der Waals surface area contributed by atoms with Crippen LogP contribution in [0.5, 0.6) is 6.01 Å². The van der Waals surface area contributed by atoms with E-state index in [2.05, 4.69) is 20.4 Å². The molecule has 112 valence electrons. The Labute approximate surface area is 136 Å². The molecule has 3 N–H and O–H groups in total. The third-order valence-electron chi connectivity index (χ3n) is 2.16. The molecule has 0 fully saturated rings. The summed E-state index contributed by atoms with van der Waals surface area (Å²) < 4.78 is 5.46. The second-order valence-electron chi connectivity index (χ2n) is 4.21. The number of nitrogens with zero attached hydrogens (tertiary/aromatic N) is 3. The molecule has 1 aromatic heterocycles. The lowest BCUT2D eigenvalue weighted by molar-refractivity contribution is 0.219. The summed E-state index contributed by atoms with van der Waals surface area (Å²) in [7, 11) is 0. The lowest BCUT2D eigenvalue weighted by atomic mass is 10.4. The Morgan fingerprint density at radius 2 is 2.00 bits per heavy atom. The number of nitrogens with two attached hydrogens (primary N) is 1. The molecule has 21 heavy (non-hydrogen) atoms. The van der Waals surface area contributed by atoms with Crippen molar-refractivity contribution in [3.05, 3.63) is 28.2 Å². The van der Waals surface area contributed by atoms with E-state index in [1.54, 1.807) is 18.2 Å². The largest absolute Gasteiger partial charge is 0.461 e. The third-order valence-corrected chi connectivity index (χ3v) is 3.76. The van der Waals surface area contributed by atoms with E-state index < -0.39 is 0 Å². The van der Waals surface area contributed by atoms with E-state index >= 15 is 0 Å². The Bertz CT molecular complexity index is 641. The van der Waals surface area contributed by atoms with E-state index in [0.717, 1.165) is 4.90 Å². The Kier molecular flexibility index (Phi) is 5.46. The number of aromatic nitrogens is 3. The summed E-state index contributed by atoms with van der Waals surface area (Å²) >= 11 is 13.3. The molecule has 0 aliphatic rings. The van der Waals surface area contributed by atoms with Crippen LogP contribution in [0.2, 0.25) is 10.0 Å². The molecule has 6 nitrogen and oxygen atoms in total. The predicted octanol–water partition coefficient (Wildman–Crippen LogP) is 3.40. The summed E-state index contributed by atoms with van der Waals surface area (Å²) in [4.78, 5) is 13.1. The van der Waals surface area contributed by atoms with Gasteiger partial charge in [-0.05, 0) is 43.8 Å². The molecule has 9 heteroatoms. The lowest BCUT2D eigenvalue weighted by Crippen LogP contribution is -2.14. The summed E-state index contributed by atoms with van der Waals surface area (Å²) in [5.74, 6) is 5.56. The molecule has 0 saturated heterocycles. The first-order valence-electron chi connectivity index (χ1n) is 6.00. The number of hydrogen-bond acceptors (Lipinski definition) is 7. The van der Waals surface area contributed by atoms with Crippen LogP contribution in [0, 0.1) is 0 Å². The van der Waals surface area contributed by atoms with Crippen molar-refractivity contribution in [3.8, 4) is 6.01 Å². The van der Waals surface area contributed by atoms with Crippen molar-refractivity contribution in [1.82, 2.24) is 15.0 Å². The van der Waals surface area contributed by atoms with Crippen LogP contribution in [0.4, 0.5) is 5.95 Å². The molecule has 0 saturated carbocycles. The molecule has 1 aromatic carbocycles. The second-order valence-corrected chi connectivity index (χ2v) is 6.06. The summed E-state index contributed by atoms with van der Waals surface area (Å²) in [5, 5.41) is 1.53. The minimum absolute atomic E-state index is 0.0642. The van der Waals surface area contributed by atoms with Crippen LogP contribution in [0.3, 0.4) is 0 Å². The lowest BCUT2D eigenvalue weighted by Gasteiger charge is -2.10. The molecule has 0 bridgehead atoms. The van der Waals surface area contributed by atoms with Crippen molar-refractivity contribution in [2.45, 2.75) is 30.0 Å². The third kappa shape index (κ3) is 4.60. The number of halogens is 2. The minimum atomic E-state index is -0.0642. The van der Waals surface area contributed by atoms with Gasteiger partial charge in [-0.15, -0.1) is 0 Å². The maximum atomic E-state index is 6.12. The Morgan fingerprint density at radius 3 is 2.67 bits per heavy atom. The highest BCUT2D eigenvalue weighted by atomic mass is 35.5. The van der Waals surface area contributed by atoms with E-state index in [9.17, 15) is 0 Å². The maximum absolute atomic E-state index is 6.12. The van der Waals surface area contributed by atoms with E-state index in [1.807, 2.05) is 13.8 Å². The fraction of sp³-hybridized carbons (Fsp3) is 0.250. The molecule has 0 radical (unpaired) electrons. The van der Waals surface area contributed by atoms with Crippen LogP contribution in [-0.4, -0.2) is 21.1 Å². The first kappa shape index (κ1) is 16.1. The number of rotatable bonds is 5. The van der Waals surface area contributed by atoms with Gasteiger partial charge in [-0.3, -0.25) is 5.43 Å². The Morgan fingerprint density at radius 1 is 1.24 bits per heavy atom. The zero-order valence-corrected chi connectivity index (χ0v) is 13.6. The van der Waals surface area contributed by atoms with Crippen LogP contribution < -0.4 is 16.0 Å². The molecule has 2 aromatic rings. The number of hydrazine groups is 1. The smallest absolute Gasteiger partial charge is 0.322 e. The van der Waals surface area contributed by atoms with E-state index in [0.29, 0.717) is 15.2 Å². The quantitative estimate of drug-likeness (QED) is 0.634. The zero-order valence-electron chi connectivity index (χ0n) is 11.3. The second kappa shape index (κ2) is 7.13. The van der Waals surface area contributed by atoms with E-state index in [4.69, 9.17) is 33.8 Å². The van der Waals surface area contributed by atoms with Crippen molar-refractivity contribution >= 4 is 40.9 Å². The van der Waals surface area contributed by atoms with Crippen molar-refractivity contribution in [2.24, 2.45) is 5.84 Å². The SMILES string of the molecule is CC(C)Oc1nc(NN)nc(Sc2cc(Cl)ccc2Cl)n1. The van der Waals surface area contributed by atoms with Crippen molar-refractivity contribution in [2.75, 3.05) is 5.43 Å². The molecular formula is C12H13Cl2N5OS. The molecular weight excluding hydrogens is 333 g/mol. The zero-order chi connectivity index (χ0) is 15.4. The van der Waals surface area contributed by atoms with Gasteiger partial charge >= 0.3 is 6.01 Å². The van der Waals surface area contributed by atoms with Gasteiger partial charge in [0.25, 0.3) is 0 Å². The van der Waals surface area contributed by atoms with Gasteiger partial charge in [-0.1, -0.05) is 23.2 Å². The molecule has 0 spiro atoms. The van der Waals surface area contributed by atoms with Crippen molar-refractivity contribution in [3.63, 3.8) is 0 Å². The van der Waals surface area contributed by atoms with Gasteiger partial charge in [0, 0.05) is 9.92 Å². The van der Waals surface area contributed by atoms with Gasteiger partial charge in [0.15, 0.2) is 0 Å². The minimum Gasteiger partial charge on any atom is -0.461 e. The fourth-order valence-corrected chi connectivity index (χ4v) is 2.64. The first-order chi connectivity index (χ1) is 9.97. The number of nitrogen functional groups attached to an aromatic ring is 1. The fourth-order valence-electron chi connectivity index (χ4n) is 1.37. The average molecular weight is 346 g/mol. The summed E-state index contributed by atoms with van der Waals surface area (Å²) in [6.45, 7) is 3.75. The standard InChI is InChI=1S/C12H13Cl2N5OS/c1-6(2)20-11-16-10(19-15)17-12(18-11)21-9-5-7(13)3-4-8(9)14/h3-6H,15H2,1-2H3,(H,16,17,18,19). The molecule has 0 unspecified atom stereocenters. The van der Waals surface area contributed by atoms with Crippen LogP contribution in [0.25, 0.3) is 0 Å². The van der Waals surface area contributed by atoms with Crippen LogP contribution >= 0.6 is 35.0 Å². The molecule has 0 aliphatic carbocycles. The molecule has 1 heterocycles. The summed E-state index contributed by atoms with van der Waals surface area (Å²) in [5.41, 5.74) is 2.38. The molecule has 2 rings (SSSR count). The van der Waals surface area contributed by atoms with Crippen molar-refractivity contribution in [1.29, 1.82) is 0 Å². The molecule has 0 atom stereocenters. The topological polar surface area (TPSA) is 86.0 Å². The van der Waals surface area contributed by atoms with Gasteiger partial charge in [0.05, 0.1) is 11.1 Å². The van der Waals surface area contributed by atoms with Crippen LogP contribution in [-0.2, 0) is 0 Å². The van der Waals surface area contributed by atoms with Gasteiger partial charge < -0.3 is 4.74 Å². The molecule has 0 amide bonds. The number of anilines is 1. The highest BCUT2D eigenvalue weighted by molar-refractivity contribution is 7.99. The van der Waals surface area contributed by atoms with Gasteiger partial charge in [0.2, 0.25) is 11.1 Å². The molecule has 0 aliphatic heterocycles. The summed E-state index contributed by atoms with van der Waals surface area (Å²) in [6.07, 6.45) is -0.0642. The monoisotopic (exact) mass is 345 g/mol. The highest BCUT2D eigenvalue weighted by Crippen LogP contribution is 2.34. The highest BCUT2D eigenvalue weighted by Gasteiger charge is 2.12. The average Bonchev–Trinajstić information content (AvgIpc) is 2.42. The number of hydrogen-bond donors (Lipinski definition) is 2. The first-order valence-corrected chi connectivity index (χ1v) is 7.57. The van der Waals surface area contributed by atoms with E-state index in [-0.39, 0.29) is 18.1 Å². The number of ether oxygens (including phenoxy) is 1. The normalized spacial score (nSPS) is 10.8. The Hall–Kier alpha value is -1.28. The number of benzene rings is 1. The number of nitrogens with one attached hydrogen (secondary N) is 1. The van der Waals surface area contributed by atoms with Crippen LogP contribution in [0.1, 0.15) is 13.8 Å². The van der Waals surface area contributed by atoms with Crippen molar-refractivity contribution < 1.29 is 4.74 Å². The maximum Gasteiger partial charge on any atom is 0.322 e. The van der Waals surface area contributed by atoms with E-state index in [1.165, 1.54) is 11.8 Å². The van der Waals surface area contributed by atoms with Gasteiger partial charge in [0.1, 0.15) is 0 Å². The Balaban J connectivity index is 2.32. The van der Waals surface area contributed by atoms with Gasteiger partial charge in [-0.2, -0.15) is 15.0 Å². The predicted molar refractivity (Wildman–Crippen MR) is 84.0 cm³/mol. The van der Waals surface area contributed by atoms with Crippen LogP contribution in [0.15, 0.2) is 28.3 Å². The van der Waals surface area contributed by atoms with Gasteiger partial charge in [-0.25, -0.2) is 5.84 Å². The summed E-state index contributed by atoms with van der Waals surface area (Å²) in [6, 6.07) is 5.34.